The van der Waals surface area contributed by atoms with E-state index in [1.54, 1.807) is 18.2 Å². The molecule has 0 saturated carbocycles. The van der Waals surface area contributed by atoms with Gasteiger partial charge in [-0.3, -0.25) is 4.79 Å². The van der Waals surface area contributed by atoms with Crippen LogP contribution in [0.25, 0.3) is 0 Å². The third kappa shape index (κ3) is 6.73. The number of rotatable bonds is 7. The molecule has 0 saturated heterocycles. The van der Waals surface area contributed by atoms with Gasteiger partial charge in [-0.25, -0.2) is 0 Å². The highest BCUT2D eigenvalue weighted by atomic mass is 35.5. The van der Waals surface area contributed by atoms with E-state index in [1.807, 2.05) is 11.8 Å². The number of amides is 1. The Morgan fingerprint density at radius 2 is 2.21 bits per heavy atom. The van der Waals surface area contributed by atoms with E-state index in [-0.39, 0.29) is 5.91 Å². The van der Waals surface area contributed by atoms with E-state index in [0.29, 0.717) is 28.7 Å². The second kappa shape index (κ2) is 8.33. The standard InChI is InChI=1S/C14H21ClN2OS/c1-10(2)9-19-7-3-4-14(18)17-13-6-5-11(16)8-12(13)15/h5-6,8,10H,3-4,7,9,16H2,1-2H3,(H,17,18). The molecule has 1 aromatic rings. The number of nitrogens with one attached hydrogen (secondary N) is 1. The van der Waals surface area contributed by atoms with Crippen molar-refractivity contribution >= 4 is 40.6 Å². The minimum atomic E-state index is -0.00295. The second-order valence-electron chi connectivity index (χ2n) is 4.86. The lowest BCUT2D eigenvalue weighted by atomic mass is 10.2. The topological polar surface area (TPSA) is 55.1 Å². The van der Waals surface area contributed by atoms with Crippen LogP contribution >= 0.6 is 23.4 Å². The van der Waals surface area contributed by atoms with Gasteiger partial charge in [0.1, 0.15) is 0 Å². The number of thioether (sulfide) groups is 1. The summed E-state index contributed by atoms with van der Waals surface area (Å²) in [6, 6.07) is 5.08. The maximum absolute atomic E-state index is 11.7. The predicted octanol–water partition coefficient (Wildman–Crippen LogP) is 4.03. The predicted molar refractivity (Wildman–Crippen MR) is 85.9 cm³/mol. The molecule has 19 heavy (non-hydrogen) atoms. The average Bonchev–Trinajstić information content (AvgIpc) is 2.32. The molecule has 0 aromatic heterocycles. The van der Waals surface area contributed by atoms with Crippen molar-refractivity contribution in [2.75, 3.05) is 22.6 Å². The largest absolute Gasteiger partial charge is 0.399 e. The molecule has 0 aliphatic rings. The van der Waals surface area contributed by atoms with Gasteiger partial charge in [-0.2, -0.15) is 11.8 Å². The van der Waals surface area contributed by atoms with Crippen LogP contribution in [-0.2, 0) is 4.79 Å². The fourth-order valence-corrected chi connectivity index (χ4v) is 2.72. The first-order valence-corrected chi connectivity index (χ1v) is 7.95. The zero-order valence-electron chi connectivity index (χ0n) is 11.4. The zero-order valence-corrected chi connectivity index (χ0v) is 13.0. The van der Waals surface area contributed by atoms with Gasteiger partial charge in [-0.15, -0.1) is 0 Å². The number of carbonyl (C=O) groups is 1. The highest BCUT2D eigenvalue weighted by molar-refractivity contribution is 7.99. The Bertz CT molecular complexity index is 424. The van der Waals surface area contributed by atoms with E-state index in [9.17, 15) is 4.79 Å². The van der Waals surface area contributed by atoms with Gasteiger partial charge in [0.2, 0.25) is 5.91 Å². The van der Waals surface area contributed by atoms with Crippen molar-refractivity contribution in [2.24, 2.45) is 5.92 Å². The molecule has 0 fully saturated rings. The third-order valence-electron chi connectivity index (χ3n) is 2.41. The van der Waals surface area contributed by atoms with Crippen LogP contribution in [0.2, 0.25) is 5.02 Å². The van der Waals surface area contributed by atoms with E-state index in [2.05, 4.69) is 19.2 Å². The summed E-state index contributed by atoms with van der Waals surface area (Å²) in [5.74, 6) is 2.86. The molecule has 3 N–H and O–H groups in total. The molecule has 0 unspecified atom stereocenters. The van der Waals surface area contributed by atoms with E-state index < -0.39 is 0 Å². The van der Waals surface area contributed by atoms with E-state index >= 15 is 0 Å². The van der Waals surface area contributed by atoms with Crippen molar-refractivity contribution in [1.29, 1.82) is 0 Å². The average molecular weight is 301 g/mol. The minimum absolute atomic E-state index is 0.00295. The summed E-state index contributed by atoms with van der Waals surface area (Å²) < 4.78 is 0. The van der Waals surface area contributed by atoms with Crippen molar-refractivity contribution < 1.29 is 4.79 Å². The summed E-state index contributed by atoms with van der Waals surface area (Å²) in [5, 5.41) is 3.28. The molecule has 1 amide bonds. The number of hydrogen-bond donors (Lipinski definition) is 2. The highest BCUT2D eigenvalue weighted by Crippen LogP contribution is 2.24. The molecule has 0 radical (unpaired) electrons. The lowest BCUT2D eigenvalue weighted by Crippen LogP contribution is -2.12. The molecular weight excluding hydrogens is 280 g/mol. The highest BCUT2D eigenvalue weighted by Gasteiger charge is 2.06. The van der Waals surface area contributed by atoms with E-state index in [4.69, 9.17) is 17.3 Å². The molecule has 1 aromatic carbocycles. The van der Waals surface area contributed by atoms with Gasteiger partial charge in [0.05, 0.1) is 10.7 Å². The number of hydrogen-bond acceptors (Lipinski definition) is 3. The molecule has 0 heterocycles. The molecule has 0 aliphatic carbocycles. The Hall–Kier alpha value is -0.870. The summed E-state index contributed by atoms with van der Waals surface area (Å²) in [4.78, 5) is 11.7. The quantitative estimate of drug-likeness (QED) is 0.590. The summed E-state index contributed by atoms with van der Waals surface area (Å²) in [7, 11) is 0. The van der Waals surface area contributed by atoms with Crippen LogP contribution in [-0.4, -0.2) is 17.4 Å². The van der Waals surface area contributed by atoms with Crippen molar-refractivity contribution in [3.63, 3.8) is 0 Å². The second-order valence-corrected chi connectivity index (χ2v) is 6.42. The molecule has 0 bridgehead atoms. The minimum Gasteiger partial charge on any atom is -0.399 e. The Morgan fingerprint density at radius 3 is 2.84 bits per heavy atom. The summed E-state index contributed by atoms with van der Waals surface area (Å²) in [6.45, 7) is 4.39. The van der Waals surface area contributed by atoms with Crippen LogP contribution in [0.1, 0.15) is 26.7 Å². The molecule has 106 valence electrons. The molecule has 1 rings (SSSR count). The number of halogens is 1. The van der Waals surface area contributed by atoms with Crippen LogP contribution in [0.4, 0.5) is 11.4 Å². The molecule has 3 nitrogen and oxygen atoms in total. The lowest BCUT2D eigenvalue weighted by Gasteiger charge is -2.08. The fraction of sp³-hybridized carbons (Fsp3) is 0.500. The van der Waals surface area contributed by atoms with Crippen molar-refractivity contribution in [3.8, 4) is 0 Å². The smallest absolute Gasteiger partial charge is 0.224 e. The Kier molecular flexibility index (Phi) is 7.10. The van der Waals surface area contributed by atoms with Crippen molar-refractivity contribution in [3.05, 3.63) is 23.2 Å². The van der Waals surface area contributed by atoms with Crippen LogP contribution in [0.3, 0.4) is 0 Å². The zero-order chi connectivity index (χ0) is 14.3. The first-order valence-electron chi connectivity index (χ1n) is 6.41. The molecule has 0 aliphatic heterocycles. The molecule has 5 heteroatoms. The van der Waals surface area contributed by atoms with Gasteiger partial charge < -0.3 is 11.1 Å². The van der Waals surface area contributed by atoms with Gasteiger partial charge in [0.15, 0.2) is 0 Å². The summed E-state index contributed by atoms with van der Waals surface area (Å²) >= 11 is 7.89. The maximum atomic E-state index is 11.7. The number of nitrogens with two attached hydrogens (primary N) is 1. The van der Waals surface area contributed by atoms with Crippen LogP contribution < -0.4 is 11.1 Å². The van der Waals surface area contributed by atoms with Crippen LogP contribution in [0.5, 0.6) is 0 Å². The van der Waals surface area contributed by atoms with Gasteiger partial charge in [-0.05, 0) is 42.0 Å². The first-order chi connectivity index (χ1) is 8.99. The SMILES string of the molecule is CC(C)CSCCCC(=O)Nc1ccc(N)cc1Cl. The van der Waals surface area contributed by atoms with E-state index in [1.165, 1.54) is 0 Å². The maximum Gasteiger partial charge on any atom is 0.224 e. The molecule has 0 atom stereocenters. The Balaban J connectivity index is 2.27. The van der Waals surface area contributed by atoms with Gasteiger partial charge >= 0.3 is 0 Å². The summed E-state index contributed by atoms with van der Waals surface area (Å²) in [5.41, 5.74) is 6.81. The monoisotopic (exact) mass is 300 g/mol. The Morgan fingerprint density at radius 1 is 1.47 bits per heavy atom. The Labute approximate surface area is 124 Å². The van der Waals surface area contributed by atoms with Crippen LogP contribution in [0, 0.1) is 5.92 Å². The number of nitrogen functional groups attached to an aromatic ring is 1. The number of anilines is 2. The summed E-state index contributed by atoms with van der Waals surface area (Å²) in [6.07, 6.45) is 1.40. The molecule has 0 spiro atoms. The molecular formula is C14H21ClN2OS. The normalized spacial score (nSPS) is 10.7. The third-order valence-corrected chi connectivity index (χ3v) is 4.20. The number of benzene rings is 1. The van der Waals surface area contributed by atoms with Gasteiger partial charge in [0, 0.05) is 12.1 Å². The van der Waals surface area contributed by atoms with Gasteiger partial charge in [0.25, 0.3) is 0 Å². The lowest BCUT2D eigenvalue weighted by molar-refractivity contribution is -0.116. The first kappa shape index (κ1) is 16.2. The van der Waals surface area contributed by atoms with E-state index in [0.717, 1.165) is 17.9 Å². The van der Waals surface area contributed by atoms with Crippen molar-refractivity contribution in [1.82, 2.24) is 0 Å². The van der Waals surface area contributed by atoms with Crippen molar-refractivity contribution in [2.45, 2.75) is 26.7 Å². The number of carbonyl (C=O) groups excluding carboxylic acids is 1. The van der Waals surface area contributed by atoms with Crippen LogP contribution in [0.15, 0.2) is 18.2 Å². The fourth-order valence-electron chi connectivity index (χ4n) is 1.50. The van der Waals surface area contributed by atoms with Gasteiger partial charge in [-0.1, -0.05) is 25.4 Å².